The fourth-order valence-electron chi connectivity index (χ4n) is 0.913. The van der Waals surface area contributed by atoms with Gasteiger partial charge in [-0.15, -0.1) is 0 Å². The highest BCUT2D eigenvalue weighted by molar-refractivity contribution is 8.24. The molecule has 0 aromatic heterocycles. The maximum absolute atomic E-state index is 9.21. The van der Waals surface area contributed by atoms with Crippen molar-refractivity contribution in [3.8, 4) is 0 Å². The van der Waals surface area contributed by atoms with Crippen LogP contribution in [0.15, 0.2) is 0 Å². The number of rotatable bonds is 0. The predicted octanol–water partition coefficient (Wildman–Crippen LogP) is 0.0164. The summed E-state index contributed by atoms with van der Waals surface area (Å²) in [6.45, 7) is 0. The van der Waals surface area contributed by atoms with Gasteiger partial charge in [-0.05, 0) is 18.6 Å². The predicted molar refractivity (Wildman–Crippen MR) is 41.7 cm³/mol. The highest BCUT2D eigenvalue weighted by atomic mass is 32.4. The molecule has 0 aliphatic carbocycles. The molecule has 54 valence electrons. The van der Waals surface area contributed by atoms with E-state index in [1.54, 1.807) is 11.2 Å². The second-order valence-electron chi connectivity index (χ2n) is 2.32. The third kappa shape index (κ3) is 2.29. The minimum atomic E-state index is -1.76. The van der Waals surface area contributed by atoms with Crippen LogP contribution in [0.3, 0.4) is 0 Å². The molecule has 1 rings (SSSR count). The fraction of sp³-hybridized carbons (Fsp3) is 1.00. The molecule has 1 saturated heterocycles. The van der Waals surface area contributed by atoms with E-state index in [4.69, 9.17) is 5.11 Å². The van der Waals surface area contributed by atoms with Crippen molar-refractivity contribution in [1.29, 1.82) is 0 Å². The van der Waals surface area contributed by atoms with E-state index in [2.05, 4.69) is 0 Å². The average Bonchev–Trinajstić information content (AvgIpc) is 1.99. The number of aliphatic hydroxyl groups is 1. The Balaban J connectivity index is 2.32. The molecule has 0 spiro atoms. The maximum Gasteiger partial charge on any atom is 0.263 e. The van der Waals surface area contributed by atoms with Crippen molar-refractivity contribution in [3.63, 3.8) is 0 Å². The van der Waals surface area contributed by atoms with Crippen LogP contribution in [0, 0.1) is 0 Å². The standard InChI is InChI=1S/C5H12O2SSi/c6-5-3-1-2-4-8-9(5)7/h5-7,9H,1-4H2. The summed E-state index contributed by atoms with van der Waals surface area (Å²) in [6, 6.07) is 0. The summed E-state index contributed by atoms with van der Waals surface area (Å²) in [4.78, 5) is 9.21. The van der Waals surface area contributed by atoms with Crippen LogP contribution in [0.25, 0.3) is 0 Å². The molecule has 2 nitrogen and oxygen atoms in total. The fourth-order valence-corrected chi connectivity index (χ4v) is 4.57. The molecule has 0 radical (unpaired) electrons. The molecular formula is C5H12O2SSi. The van der Waals surface area contributed by atoms with Crippen molar-refractivity contribution in [2.75, 3.05) is 5.75 Å². The summed E-state index contributed by atoms with van der Waals surface area (Å²) in [7, 11) is -1.76. The van der Waals surface area contributed by atoms with Crippen molar-refractivity contribution in [2.45, 2.75) is 25.0 Å². The van der Waals surface area contributed by atoms with Crippen molar-refractivity contribution >= 4 is 19.4 Å². The zero-order chi connectivity index (χ0) is 6.69. The molecule has 0 aromatic rings. The molecule has 2 atom stereocenters. The first-order valence-corrected chi connectivity index (χ1v) is 6.93. The van der Waals surface area contributed by atoms with Gasteiger partial charge in [0.1, 0.15) is 0 Å². The monoisotopic (exact) mass is 164 g/mol. The van der Waals surface area contributed by atoms with E-state index in [0.717, 1.165) is 25.0 Å². The molecular weight excluding hydrogens is 152 g/mol. The molecule has 1 fully saturated rings. The molecule has 2 N–H and O–H groups in total. The zero-order valence-corrected chi connectivity index (χ0v) is 7.26. The Kier molecular flexibility index (Phi) is 3.04. The van der Waals surface area contributed by atoms with Crippen LogP contribution in [0.5, 0.6) is 0 Å². The van der Waals surface area contributed by atoms with Gasteiger partial charge in [0, 0.05) is 0 Å². The van der Waals surface area contributed by atoms with Crippen LogP contribution < -0.4 is 0 Å². The van der Waals surface area contributed by atoms with Crippen LogP contribution in [-0.2, 0) is 0 Å². The van der Waals surface area contributed by atoms with Gasteiger partial charge in [0.25, 0.3) is 8.19 Å². The summed E-state index contributed by atoms with van der Waals surface area (Å²) in [5, 5.41) is 9.15. The minimum absolute atomic E-state index is 0.350. The van der Waals surface area contributed by atoms with Gasteiger partial charge < -0.3 is 9.90 Å². The molecule has 1 aliphatic rings. The third-order valence-electron chi connectivity index (χ3n) is 1.51. The first-order valence-electron chi connectivity index (χ1n) is 3.28. The molecule has 0 saturated carbocycles. The Labute approximate surface area is 60.6 Å². The molecule has 0 amide bonds. The summed E-state index contributed by atoms with van der Waals surface area (Å²) in [5.74, 6) is 1.05. The minimum Gasteiger partial charge on any atom is -0.424 e. The molecule has 1 heterocycles. The Bertz CT molecular complexity index is 81.0. The average molecular weight is 164 g/mol. The highest BCUT2D eigenvalue weighted by Gasteiger charge is 2.21. The summed E-state index contributed by atoms with van der Waals surface area (Å²) >= 11 is 1.59. The van der Waals surface area contributed by atoms with E-state index in [0.29, 0.717) is 0 Å². The van der Waals surface area contributed by atoms with Crippen LogP contribution in [0.4, 0.5) is 0 Å². The van der Waals surface area contributed by atoms with E-state index >= 15 is 0 Å². The third-order valence-corrected chi connectivity index (χ3v) is 6.04. The van der Waals surface area contributed by atoms with Crippen LogP contribution in [-0.4, -0.2) is 29.6 Å². The molecule has 0 aromatic carbocycles. The van der Waals surface area contributed by atoms with Crippen LogP contribution in [0.1, 0.15) is 19.3 Å². The Hall–Kier alpha value is 0.487. The van der Waals surface area contributed by atoms with Crippen LogP contribution in [0.2, 0.25) is 0 Å². The van der Waals surface area contributed by atoms with E-state index in [-0.39, 0.29) is 5.73 Å². The molecule has 1 aliphatic heterocycles. The van der Waals surface area contributed by atoms with E-state index < -0.39 is 8.19 Å². The molecule has 4 heteroatoms. The lowest BCUT2D eigenvalue weighted by Crippen LogP contribution is -2.26. The van der Waals surface area contributed by atoms with Crippen molar-refractivity contribution in [2.24, 2.45) is 0 Å². The van der Waals surface area contributed by atoms with Gasteiger partial charge in [-0.25, -0.2) is 0 Å². The number of aliphatic hydroxyl groups excluding tert-OH is 1. The van der Waals surface area contributed by atoms with Gasteiger partial charge in [0.15, 0.2) is 0 Å². The lowest BCUT2D eigenvalue weighted by Gasteiger charge is -2.09. The Morgan fingerprint density at radius 2 is 2.22 bits per heavy atom. The summed E-state index contributed by atoms with van der Waals surface area (Å²) in [6.07, 6.45) is 3.06. The van der Waals surface area contributed by atoms with Gasteiger partial charge in [-0.1, -0.05) is 6.42 Å². The topological polar surface area (TPSA) is 40.5 Å². The van der Waals surface area contributed by atoms with E-state index in [1.807, 2.05) is 0 Å². The van der Waals surface area contributed by atoms with Gasteiger partial charge >= 0.3 is 0 Å². The van der Waals surface area contributed by atoms with Gasteiger partial charge in [0.2, 0.25) is 0 Å². The summed E-state index contributed by atoms with van der Waals surface area (Å²) in [5.41, 5.74) is -0.350. The largest absolute Gasteiger partial charge is 0.424 e. The van der Waals surface area contributed by atoms with Gasteiger partial charge in [-0.3, -0.25) is 0 Å². The Morgan fingerprint density at radius 1 is 1.44 bits per heavy atom. The Morgan fingerprint density at radius 3 is 3.00 bits per heavy atom. The lowest BCUT2D eigenvalue weighted by molar-refractivity contribution is 0.222. The number of hydrogen-bond donors (Lipinski definition) is 2. The second kappa shape index (κ2) is 3.61. The SMILES string of the molecule is OC1CCCCS[SiH]1O. The smallest absolute Gasteiger partial charge is 0.263 e. The summed E-state index contributed by atoms with van der Waals surface area (Å²) < 4.78 is 0. The molecule has 9 heavy (non-hydrogen) atoms. The normalized spacial score (nSPS) is 38.0. The first-order chi connectivity index (χ1) is 4.30. The maximum atomic E-state index is 9.21. The highest BCUT2D eigenvalue weighted by Crippen LogP contribution is 2.19. The van der Waals surface area contributed by atoms with Crippen LogP contribution >= 0.6 is 11.2 Å². The van der Waals surface area contributed by atoms with Crippen molar-refractivity contribution < 1.29 is 9.90 Å². The first kappa shape index (κ1) is 7.59. The van der Waals surface area contributed by atoms with Gasteiger partial charge in [0.05, 0.1) is 5.73 Å². The lowest BCUT2D eigenvalue weighted by atomic mass is 10.3. The van der Waals surface area contributed by atoms with E-state index in [1.165, 1.54) is 0 Å². The van der Waals surface area contributed by atoms with E-state index in [9.17, 15) is 4.80 Å². The van der Waals surface area contributed by atoms with Crippen molar-refractivity contribution in [3.05, 3.63) is 0 Å². The van der Waals surface area contributed by atoms with Crippen molar-refractivity contribution in [1.82, 2.24) is 0 Å². The number of hydrogen-bond acceptors (Lipinski definition) is 3. The molecule has 2 unspecified atom stereocenters. The second-order valence-corrected chi connectivity index (χ2v) is 7.07. The molecule has 0 bridgehead atoms. The van der Waals surface area contributed by atoms with Gasteiger partial charge in [-0.2, -0.15) is 11.2 Å². The zero-order valence-electron chi connectivity index (χ0n) is 5.29. The quantitative estimate of drug-likeness (QED) is 0.496.